The molecule has 0 radical (unpaired) electrons. The van der Waals surface area contributed by atoms with Crippen molar-refractivity contribution in [3.05, 3.63) is 53.0 Å². The van der Waals surface area contributed by atoms with Gasteiger partial charge in [-0.1, -0.05) is 67.6 Å². The molecular formula is C17H20N4S. The van der Waals surface area contributed by atoms with Crippen LogP contribution in [0.2, 0.25) is 0 Å². The van der Waals surface area contributed by atoms with Gasteiger partial charge in [-0.2, -0.15) is 0 Å². The minimum absolute atomic E-state index is 0.300. The number of fused-ring (bicyclic) bond motifs is 1. The van der Waals surface area contributed by atoms with Gasteiger partial charge in [-0.15, -0.1) is 10.2 Å². The number of nitrogens with two attached hydrogens (primary N) is 1. The van der Waals surface area contributed by atoms with Crippen molar-refractivity contribution in [2.75, 3.05) is 5.32 Å². The molecule has 0 bridgehead atoms. The summed E-state index contributed by atoms with van der Waals surface area (Å²) in [5.74, 6) is 0.576. The highest BCUT2D eigenvalue weighted by atomic mass is 32.1. The molecule has 0 aliphatic rings. The van der Waals surface area contributed by atoms with Crippen molar-refractivity contribution in [1.29, 1.82) is 0 Å². The Balaban J connectivity index is 1.81. The number of hydrogen-bond acceptors (Lipinski definition) is 5. The number of anilines is 1. The summed E-state index contributed by atoms with van der Waals surface area (Å²) in [5.41, 5.74) is 7.40. The van der Waals surface area contributed by atoms with Crippen molar-refractivity contribution in [1.82, 2.24) is 10.2 Å². The zero-order valence-corrected chi connectivity index (χ0v) is 13.6. The van der Waals surface area contributed by atoms with Crippen molar-refractivity contribution in [3.63, 3.8) is 0 Å². The van der Waals surface area contributed by atoms with Crippen LogP contribution in [0.15, 0.2) is 42.5 Å². The Morgan fingerprint density at radius 2 is 1.86 bits per heavy atom. The molecule has 3 rings (SSSR count). The molecule has 3 N–H and O–H groups in total. The Kier molecular flexibility index (Phi) is 4.36. The maximum Gasteiger partial charge on any atom is 0.207 e. The lowest BCUT2D eigenvalue weighted by molar-refractivity contribution is 0.640. The molecule has 4 nitrogen and oxygen atoms in total. The third kappa shape index (κ3) is 3.26. The van der Waals surface area contributed by atoms with Gasteiger partial charge in [-0.05, 0) is 22.3 Å². The van der Waals surface area contributed by atoms with Gasteiger partial charge in [0, 0.05) is 6.42 Å². The van der Waals surface area contributed by atoms with Crippen LogP contribution in [0, 0.1) is 5.92 Å². The monoisotopic (exact) mass is 312 g/mol. The maximum atomic E-state index is 6.33. The molecule has 3 aromatic rings. The zero-order chi connectivity index (χ0) is 15.5. The summed E-state index contributed by atoms with van der Waals surface area (Å²) in [5, 5.41) is 15.8. The van der Waals surface area contributed by atoms with Crippen molar-refractivity contribution in [3.8, 4) is 0 Å². The highest BCUT2D eigenvalue weighted by molar-refractivity contribution is 7.15. The molecule has 0 spiro atoms. The van der Waals surface area contributed by atoms with Crippen LogP contribution in [-0.4, -0.2) is 10.2 Å². The van der Waals surface area contributed by atoms with E-state index >= 15 is 0 Å². The molecule has 0 amide bonds. The molecular weight excluding hydrogens is 292 g/mol. The van der Waals surface area contributed by atoms with E-state index in [4.69, 9.17) is 5.73 Å². The standard InChI is InChI=1S/C17H20N4S/c1-11(2)10-15-20-21-17(22-15)19-16(18)14-9-5-7-12-6-3-4-8-13(12)14/h3-9,11,16H,10,18H2,1-2H3,(H,19,21). The first-order chi connectivity index (χ1) is 10.6. The Morgan fingerprint density at radius 3 is 2.68 bits per heavy atom. The first-order valence-electron chi connectivity index (χ1n) is 7.45. The van der Waals surface area contributed by atoms with Crippen LogP contribution >= 0.6 is 11.3 Å². The lowest BCUT2D eigenvalue weighted by atomic mass is 10.0. The second kappa shape index (κ2) is 6.42. The van der Waals surface area contributed by atoms with Crippen molar-refractivity contribution < 1.29 is 0 Å². The summed E-state index contributed by atoms with van der Waals surface area (Å²) >= 11 is 1.58. The van der Waals surface area contributed by atoms with E-state index in [-0.39, 0.29) is 6.17 Å². The molecule has 1 heterocycles. The molecule has 114 valence electrons. The zero-order valence-electron chi connectivity index (χ0n) is 12.8. The summed E-state index contributed by atoms with van der Waals surface area (Å²) in [6.07, 6.45) is 0.647. The van der Waals surface area contributed by atoms with Gasteiger partial charge >= 0.3 is 0 Å². The second-order valence-electron chi connectivity index (χ2n) is 5.79. The SMILES string of the molecule is CC(C)Cc1nnc(NC(N)c2cccc3ccccc23)s1. The first kappa shape index (κ1) is 14.9. The Morgan fingerprint density at radius 1 is 1.09 bits per heavy atom. The summed E-state index contributed by atoms with van der Waals surface area (Å²) in [6, 6.07) is 14.4. The molecule has 1 aromatic heterocycles. The average molecular weight is 312 g/mol. The van der Waals surface area contributed by atoms with Gasteiger partial charge < -0.3 is 11.1 Å². The Labute approximate surface area is 134 Å². The van der Waals surface area contributed by atoms with Gasteiger partial charge in [0.15, 0.2) is 0 Å². The minimum atomic E-state index is -0.300. The number of aromatic nitrogens is 2. The van der Waals surface area contributed by atoms with E-state index in [1.54, 1.807) is 11.3 Å². The third-order valence-electron chi connectivity index (χ3n) is 3.49. The van der Waals surface area contributed by atoms with Gasteiger partial charge in [0.1, 0.15) is 11.2 Å². The number of nitrogens with one attached hydrogen (secondary N) is 1. The van der Waals surface area contributed by atoms with Gasteiger partial charge in [0.05, 0.1) is 0 Å². The molecule has 2 aromatic carbocycles. The van der Waals surface area contributed by atoms with Gasteiger partial charge in [-0.25, -0.2) is 0 Å². The number of nitrogens with zero attached hydrogens (tertiary/aromatic N) is 2. The van der Waals surface area contributed by atoms with Crippen LogP contribution in [0.4, 0.5) is 5.13 Å². The van der Waals surface area contributed by atoms with E-state index in [1.165, 1.54) is 5.39 Å². The Bertz CT molecular complexity index is 761. The van der Waals surface area contributed by atoms with E-state index in [1.807, 2.05) is 18.2 Å². The van der Waals surface area contributed by atoms with Crippen LogP contribution in [0.1, 0.15) is 30.6 Å². The van der Waals surface area contributed by atoms with Crippen LogP contribution in [0.25, 0.3) is 10.8 Å². The summed E-state index contributed by atoms with van der Waals surface area (Å²) in [6.45, 7) is 4.35. The fourth-order valence-corrected chi connectivity index (χ4v) is 3.47. The van der Waals surface area contributed by atoms with Crippen molar-refractivity contribution >= 4 is 27.2 Å². The normalized spacial score (nSPS) is 12.7. The largest absolute Gasteiger partial charge is 0.341 e. The molecule has 0 aliphatic carbocycles. The Hall–Kier alpha value is -1.98. The lowest BCUT2D eigenvalue weighted by Gasteiger charge is -2.15. The van der Waals surface area contributed by atoms with Gasteiger partial charge in [0.2, 0.25) is 5.13 Å². The van der Waals surface area contributed by atoms with E-state index in [9.17, 15) is 0 Å². The fourth-order valence-electron chi connectivity index (χ4n) is 2.48. The lowest BCUT2D eigenvalue weighted by Crippen LogP contribution is -2.20. The van der Waals surface area contributed by atoms with Crippen molar-refractivity contribution in [2.24, 2.45) is 11.7 Å². The molecule has 0 fully saturated rings. The predicted octanol–water partition coefficient (Wildman–Crippen LogP) is 3.96. The maximum absolute atomic E-state index is 6.33. The van der Waals surface area contributed by atoms with Crippen LogP contribution in [-0.2, 0) is 6.42 Å². The fraction of sp³-hybridized carbons (Fsp3) is 0.294. The molecule has 0 saturated heterocycles. The number of hydrogen-bond donors (Lipinski definition) is 2. The summed E-state index contributed by atoms with van der Waals surface area (Å²) in [4.78, 5) is 0. The van der Waals surface area contributed by atoms with Crippen LogP contribution < -0.4 is 11.1 Å². The molecule has 22 heavy (non-hydrogen) atoms. The smallest absolute Gasteiger partial charge is 0.207 e. The highest BCUT2D eigenvalue weighted by Gasteiger charge is 2.12. The second-order valence-corrected chi connectivity index (χ2v) is 6.85. The van der Waals surface area contributed by atoms with Gasteiger partial charge in [0.25, 0.3) is 0 Å². The van der Waals surface area contributed by atoms with E-state index in [2.05, 4.69) is 53.6 Å². The van der Waals surface area contributed by atoms with E-state index in [0.29, 0.717) is 5.92 Å². The predicted molar refractivity (Wildman–Crippen MR) is 93.0 cm³/mol. The number of benzene rings is 2. The topological polar surface area (TPSA) is 63.8 Å². The van der Waals surface area contributed by atoms with Crippen molar-refractivity contribution in [2.45, 2.75) is 26.4 Å². The van der Waals surface area contributed by atoms with Crippen LogP contribution in [0.3, 0.4) is 0 Å². The summed E-state index contributed by atoms with van der Waals surface area (Å²) in [7, 11) is 0. The van der Waals surface area contributed by atoms with E-state index < -0.39 is 0 Å². The first-order valence-corrected chi connectivity index (χ1v) is 8.27. The average Bonchev–Trinajstić information content (AvgIpc) is 2.92. The quantitative estimate of drug-likeness (QED) is 0.700. The summed E-state index contributed by atoms with van der Waals surface area (Å²) < 4.78 is 0. The van der Waals surface area contributed by atoms with Crippen LogP contribution in [0.5, 0.6) is 0 Å². The third-order valence-corrected chi connectivity index (χ3v) is 4.36. The molecule has 1 atom stereocenters. The number of rotatable bonds is 5. The van der Waals surface area contributed by atoms with Gasteiger partial charge in [-0.3, -0.25) is 0 Å². The molecule has 0 aliphatic heterocycles. The molecule has 5 heteroatoms. The molecule has 0 saturated carbocycles. The van der Waals surface area contributed by atoms with E-state index in [0.717, 1.165) is 27.5 Å². The highest BCUT2D eigenvalue weighted by Crippen LogP contribution is 2.26. The minimum Gasteiger partial charge on any atom is -0.341 e. The molecule has 1 unspecified atom stereocenters.